The van der Waals surface area contributed by atoms with Crippen LogP contribution in [0.25, 0.3) is 0 Å². The predicted octanol–water partition coefficient (Wildman–Crippen LogP) is 0.804. The van der Waals surface area contributed by atoms with Crippen molar-refractivity contribution in [2.24, 2.45) is 7.05 Å². The van der Waals surface area contributed by atoms with Crippen LogP contribution in [0.3, 0.4) is 0 Å². The minimum atomic E-state index is 0.182. The van der Waals surface area contributed by atoms with Crippen LogP contribution in [-0.2, 0) is 24.7 Å². The minimum absolute atomic E-state index is 0.182. The molecule has 2 heterocycles. The Hall–Kier alpha value is -1.32. The molecule has 1 amide bonds. The summed E-state index contributed by atoms with van der Waals surface area (Å²) in [4.78, 5) is 11.1. The number of aromatic nitrogens is 2. The van der Waals surface area contributed by atoms with E-state index in [-0.39, 0.29) is 5.91 Å². The van der Waals surface area contributed by atoms with Crippen LogP contribution in [0.2, 0.25) is 0 Å². The molecule has 0 aromatic carbocycles. The number of amides is 1. The van der Waals surface area contributed by atoms with Gasteiger partial charge in [-0.2, -0.15) is 5.10 Å². The highest BCUT2D eigenvalue weighted by molar-refractivity contribution is 5.78. The fourth-order valence-electron chi connectivity index (χ4n) is 2.15. The van der Waals surface area contributed by atoms with Crippen molar-refractivity contribution in [3.05, 3.63) is 17.5 Å². The first-order valence-corrected chi connectivity index (χ1v) is 5.49. The number of carbonyl (C=O) groups excluding carboxylic acids is 1. The standard InChI is InChI=1S/C11H17N3O/c1-3-10-8(7-14(2)13-10)6-9-4-5-11(15)12-9/h7,9H,3-6H2,1-2H3,(H,12,15). The molecule has 4 nitrogen and oxygen atoms in total. The van der Waals surface area contributed by atoms with Crippen molar-refractivity contribution in [3.8, 4) is 0 Å². The van der Waals surface area contributed by atoms with Gasteiger partial charge in [0.15, 0.2) is 0 Å². The number of nitrogens with one attached hydrogen (secondary N) is 1. The molecule has 2 rings (SSSR count). The van der Waals surface area contributed by atoms with E-state index in [1.165, 1.54) is 5.56 Å². The summed E-state index contributed by atoms with van der Waals surface area (Å²) in [5, 5.41) is 7.38. The zero-order chi connectivity index (χ0) is 10.8. The number of rotatable bonds is 3. The molecule has 0 bridgehead atoms. The van der Waals surface area contributed by atoms with Crippen molar-refractivity contribution >= 4 is 5.91 Å². The lowest BCUT2D eigenvalue weighted by molar-refractivity contribution is -0.119. The molecule has 1 aliphatic heterocycles. The molecule has 1 saturated heterocycles. The molecule has 1 N–H and O–H groups in total. The van der Waals surface area contributed by atoms with E-state index in [9.17, 15) is 4.79 Å². The van der Waals surface area contributed by atoms with Crippen LogP contribution in [0.5, 0.6) is 0 Å². The van der Waals surface area contributed by atoms with Crippen LogP contribution in [0, 0.1) is 0 Å². The highest BCUT2D eigenvalue weighted by Crippen LogP contribution is 2.15. The topological polar surface area (TPSA) is 46.9 Å². The van der Waals surface area contributed by atoms with Gasteiger partial charge in [0.2, 0.25) is 5.91 Å². The van der Waals surface area contributed by atoms with Gasteiger partial charge in [-0.25, -0.2) is 0 Å². The SMILES string of the molecule is CCc1nn(C)cc1CC1CCC(=O)N1. The van der Waals surface area contributed by atoms with E-state index in [0.29, 0.717) is 12.5 Å². The summed E-state index contributed by atoms with van der Waals surface area (Å²) in [6, 6.07) is 0.312. The lowest BCUT2D eigenvalue weighted by atomic mass is 10.0. The van der Waals surface area contributed by atoms with Crippen molar-refractivity contribution in [2.75, 3.05) is 0 Å². The quantitative estimate of drug-likeness (QED) is 0.797. The van der Waals surface area contributed by atoms with Crippen molar-refractivity contribution in [1.29, 1.82) is 0 Å². The second-order valence-electron chi connectivity index (χ2n) is 4.14. The zero-order valence-corrected chi connectivity index (χ0v) is 9.29. The molecule has 4 heteroatoms. The van der Waals surface area contributed by atoms with Crippen molar-refractivity contribution in [2.45, 2.75) is 38.6 Å². The molecular formula is C11H17N3O. The highest BCUT2D eigenvalue weighted by atomic mass is 16.1. The summed E-state index contributed by atoms with van der Waals surface area (Å²) >= 11 is 0. The summed E-state index contributed by atoms with van der Waals surface area (Å²) in [5.41, 5.74) is 2.42. The molecule has 1 fully saturated rings. The third-order valence-electron chi connectivity index (χ3n) is 2.88. The summed E-state index contributed by atoms with van der Waals surface area (Å²) in [6.45, 7) is 2.11. The number of aryl methyl sites for hydroxylation is 2. The predicted molar refractivity (Wildman–Crippen MR) is 57.5 cm³/mol. The molecule has 1 aliphatic rings. The average Bonchev–Trinajstić information content (AvgIpc) is 2.73. The van der Waals surface area contributed by atoms with Crippen LogP contribution in [-0.4, -0.2) is 21.7 Å². The Labute approximate surface area is 89.7 Å². The Morgan fingerprint density at radius 1 is 1.67 bits per heavy atom. The number of hydrogen-bond donors (Lipinski definition) is 1. The lowest BCUT2D eigenvalue weighted by Gasteiger charge is -2.08. The van der Waals surface area contributed by atoms with Crippen LogP contribution in [0.1, 0.15) is 31.0 Å². The monoisotopic (exact) mass is 207 g/mol. The molecule has 0 aliphatic carbocycles. The third-order valence-corrected chi connectivity index (χ3v) is 2.88. The van der Waals surface area contributed by atoms with Crippen molar-refractivity contribution in [3.63, 3.8) is 0 Å². The number of carbonyl (C=O) groups is 1. The number of nitrogens with zero attached hydrogens (tertiary/aromatic N) is 2. The van der Waals surface area contributed by atoms with Crippen molar-refractivity contribution in [1.82, 2.24) is 15.1 Å². The van der Waals surface area contributed by atoms with E-state index >= 15 is 0 Å². The smallest absolute Gasteiger partial charge is 0.220 e. The van der Waals surface area contributed by atoms with Crippen LogP contribution in [0.15, 0.2) is 6.20 Å². The lowest BCUT2D eigenvalue weighted by Crippen LogP contribution is -2.27. The second kappa shape index (κ2) is 4.04. The zero-order valence-electron chi connectivity index (χ0n) is 9.29. The van der Waals surface area contributed by atoms with Gasteiger partial charge in [0.05, 0.1) is 5.69 Å². The van der Waals surface area contributed by atoms with Gasteiger partial charge in [-0.3, -0.25) is 9.48 Å². The van der Waals surface area contributed by atoms with Crippen LogP contribution >= 0.6 is 0 Å². The molecule has 15 heavy (non-hydrogen) atoms. The Kier molecular flexibility index (Phi) is 2.75. The maximum Gasteiger partial charge on any atom is 0.220 e. The van der Waals surface area contributed by atoms with E-state index < -0.39 is 0 Å². The van der Waals surface area contributed by atoms with Gasteiger partial charge in [-0.1, -0.05) is 6.92 Å². The van der Waals surface area contributed by atoms with E-state index in [2.05, 4.69) is 23.5 Å². The Bertz CT molecular complexity index is 370. The first-order chi connectivity index (χ1) is 7.19. The summed E-state index contributed by atoms with van der Waals surface area (Å²) < 4.78 is 1.85. The largest absolute Gasteiger partial charge is 0.353 e. The van der Waals surface area contributed by atoms with Gasteiger partial charge in [-0.05, 0) is 24.8 Å². The normalized spacial score (nSPS) is 20.7. The molecule has 0 spiro atoms. The van der Waals surface area contributed by atoms with Crippen LogP contribution < -0.4 is 5.32 Å². The second-order valence-corrected chi connectivity index (χ2v) is 4.14. The summed E-state index contributed by atoms with van der Waals surface area (Å²) in [6.07, 6.45) is 5.56. The maximum atomic E-state index is 11.1. The van der Waals surface area contributed by atoms with Crippen LogP contribution in [0.4, 0.5) is 0 Å². The molecule has 1 atom stereocenters. The molecule has 0 saturated carbocycles. The number of hydrogen-bond acceptors (Lipinski definition) is 2. The molecular weight excluding hydrogens is 190 g/mol. The minimum Gasteiger partial charge on any atom is -0.353 e. The highest BCUT2D eigenvalue weighted by Gasteiger charge is 2.22. The molecule has 0 radical (unpaired) electrons. The first kappa shape index (κ1) is 10.2. The Balaban J connectivity index is 2.06. The van der Waals surface area contributed by atoms with Gasteiger partial charge < -0.3 is 5.32 Å². The van der Waals surface area contributed by atoms with Gasteiger partial charge in [0.1, 0.15) is 0 Å². The van der Waals surface area contributed by atoms with E-state index in [1.807, 2.05) is 11.7 Å². The maximum absolute atomic E-state index is 11.1. The molecule has 1 aromatic rings. The average molecular weight is 207 g/mol. The fourth-order valence-corrected chi connectivity index (χ4v) is 2.15. The van der Waals surface area contributed by atoms with Gasteiger partial charge >= 0.3 is 0 Å². The molecule has 1 unspecified atom stereocenters. The Morgan fingerprint density at radius 2 is 2.47 bits per heavy atom. The van der Waals surface area contributed by atoms with Gasteiger partial charge in [0, 0.05) is 25.7 Å². The summed E-state index contributed by atoms with van der Waals surface area (Å²) in [7, 11) is 1.94. The molecule has 1 aromatic heterocycles. The fraction of sp³-hybridized carbons (Fsp3) is 0.636. The van der Waals surface area contributed by atoms with E-state index in [4.69, 9.17) is 0 Å². The van der Waals surface area contributed by atoms with E-state index in [1.54, 1.807) is 0 Å². The van der Waals surface area contributed by atoms with Gasteiger partial charge in [0.25, 0.3) is 0 Å². The third kappa shape index (κ3) is 2.19. The van der Waals surface area contributed by atoms with E-state index in [0.717, 1.165) is 25.0 Å². The molecule has 82 valence electrons. The van der Waals surface area contributed by atoms with Crippen molar-refractivity contribution < 1.29 is 4.79 Å². The Morgan fingerprint density at radius 3 is 3.07 bits per heavy atom. The summed E-state index contributed by atoms with van der Waals surface area (Å²) in [5.74, 6) is 0.182. The first-order valence-electron chi connectivity index (χ1n) is 5.49. The van der Waals surface area contributed by atoms with Gasteiger partial charge in [-0.15, -0.1) is 0 Å².